The van der Waals surface area contributed by atoms with E-state index in [1.165, 1.54) is 12.1 Å². The van der Waals surface area contributed by atoms with Crippen molar-refractivity contribution in [1.82, 2.24) is 5.32 Å². The van der Waals surface area contributed by atoms with Crippen LogP contribution >= 0.6 is 0 Å². The first kappa shape index (κ1) is 16.8. The lowest BCUT2D eigenvalue weighted by atomic mass is 10.2. The SMILES string of the molecule is CC(C)(C)OC(=O)NCCCOc1cccc(C(=O)O)c1. The summed E-state index contributed by atoms with van der Waals surface area (Å²) in [6.07, 6.45) is 0.131. The number of rotatable bonds is 6. The fourth-order valence-corrected chi connectivity index (χ4v) is 1.49. The Bertz CT molecular complexity index is 493. The van der Waals surface area contributed by atoms with Gasteiger partial charge in [0, 0.05) is 6.54 Å². The van der Waals surface area contributed by atoms with E-state index in [0.29, 0.717) is 25.3 Å². The predicted octanol–water partition coefficient (Wildman–Crippen LogP) is 2.68. The largest absolute Gasteiger partial charge is 0.494 e. The molecule has 0 radical (unpaired) electrons. The molecular formula is C15H21NO5. The van der Waals surface area contributed by atoms with Crippen molar-refractivity contribution in [2.24, 2.45) is 0 Å². The molecule has 1 rings (SSSR count). The van der Waals surface area contributed by atoms with Crippen LogP contribution in [0.25, 0.3) is 0 Å². The Morgan fingerprint density at radius 3 is 2.62 bits per heavy atom. The molecule has 0 unspecified atom stereocenters. The first-order chi connectivity index (χ1) is 9.78. The van der Waals surface area contributed by atoms with Gasteiger partial charge in [-0.15, -0.1) is 0 Å². The van der Waals surface area contributed by atoms with Gasteiger partial charge in [0.05, 0.1) is 12.2 Å². The molecule has 0 aliphatic carbocycles. The summed E-state index contributed by atoms with van der Waals surface area (Å²) in [5.41, 5.74) is -0.336. The van der Waals surface area contributed by atoms with Gasteiger partial charge in [0.25, 0.3) is 0 Å². The van der Waals surface area contributed by atoms with Crippen LogP contribution in [0, 0.1) is 0 Å². The number of carboxylic acid groups (broad SMARTS) is 1. The third-order valence-electron chi connectivity index (χ3n) is 2.34. The van der Waals surface area contributed by atoms with Gasteiger partial charge in [0.2, 0.25) is 0 Å². The van der Waals surface area contributed by atoms with Crippen LogP contribution in [0.3, 0.4) is 0 Å². The van der Waals surface area contributed by atoms with E-state index >= 15 is 0 Å². The van der Waals surface area contributed by atoms with Crippen LogP contribution in [-0.2, 0) is 4.74 Å². The number of aromatic carboxylic acids is 1. The van der Waals surface area contributed by atoms with Gasteiger partial charge in [-0.2, -0.15) is 0 Å². The Balaban J connectivity index is 2.24. The number of ether oxygens (including phenoxy) is 2. The topological polar surface area (TPSA) is 84.9 Å². The van der Waals surface area contributed by atoms with Gasteiger partial charge in [0.1, 0.15) is 11.4 Å². The van der Waals surface area contributed by atoms with Gasteiger partial charge in [-0.1, -0.05) is 6.07 Å². The molecule has 0 saturated heterocycles. The average molecular weight is 295 g/mol. The summed E-state index contributed by atoms with van der Waals surface area (Å²) in [4.78, 5) is 22.2. The number of carbonyl (C=O) groups excluding carboxylic acids is 1. The van der Waals surface area contributed by atoms with Crippen molar-refractivity contribution >= 4 is 12.1 Å². The molecule has 21 heavy (non-hydrogen) atoms. The zero-order chi connectivity index (χ0) is 15.9. The second kappa shape index (κ2) is 7.52. The quantitative estimate of drug-likeness (QED) is 0.788. The summed E-state index contributed by atoms with van der Waals surface area (Å²) in [6.45, 7) is 6.19. The molecule has 0 atom stereocenters. The number of hydrogen-bond acceptors (Lipinski definition) is 4. The number of carbonyl (C=O) groups is 2. The first-order valence-corrected chi connectivity index (χ1v) is 6.71. The summed E-state index contributed by atoms with van der Waals surface area (Å²) in [7, 11) is 0. The summed E-state index contributed by atoms with van der Waals surface area (Å²) in [6, 6.07) is 6.27. The minimum atomic E-state index is -0.993. The maximum Gasteiger partial charge on any atom is 0.407 e. The van der Waals surface area contributed by atoms with E-state index < -0.39 is 17.7 Å². The van der Waals surface area contributed by atoms with E-state index in [1.54, 1.807) is 32.9 Å². The highest BCUT2D eigenvalue weighted by Crippen LogP contribution is 2.13. The van der Waals surface area contributed by atoms with Crippen molar-refractivity contribution in [1.29, 1.82) is 0 Å². The van der Waals surface area contributed by atoms with Gasteiger partial charge < -0.3 is 19.9 Å². The van der Waals surface area contributed by atoms with Crippen LogP contribution in [0.4, 0.5) is 4.79 Å². The van der Waals surface area contributed by atoms with Gasteiger partial charge in [-0.3, -0.25) is 0 Å². The molecule has 0 aliphatic rings. The Morgan fingerprint density at radius 2 is 2.00 bits per heavy atom. The van der Waals surface area contributed by atoms with Crippen LogP contribution in [0.15, 0.2) is 24.3 Å². The smallest absolute Gasteiger partial charge is 0.407 e. The van der Waals surface area contributed by atoms with Gasteiger partial charge in [-0.05, 0) is 45.4 Å². The zero-order valence-corrected chi connectivity index (χ0v) is 12.5. The fourth-order valence-electron chi connectivity index (χ4n) is 1.49. The third kappa shape index (κ3) is 7.20. The summed E-state index contributed by atoms with van der Waals surface area (Å²) in [5.74, 6) is -0.501. The predicted molar refractivity (Wildman–Crippen MR) is 77.8 cm³/mol. The van der Waals surface area contributed by atoms with Crippen LogP contribution in [0.1, 0.15) is 37.6 Å². The lowest BCUT2D eigenvalue weighted by Gasteiger charge is -2.19. The number of amides is 1. The molecule has 6 nitrogen and oxygen atoms in total. The summed E-state index contributed by atoms with van der Waals surface area (Å²) < 4.78 is 10.5. The van der Waals surface area contributed by atoms with E-state index in [-0.39, 0.29) is 5.56 Å². The van der Waals surface area contributed by atoms with Crippen LogP contribution < -0.4 is 10.1 Å². The molecule has 1 aromatic rings. The maximum absolute atomic E-state index is 11.4. The van der Waals surface area contributed by atoms with Crippen molar-refractivity contribution in [2.75, 3.05) is 13.2 Å². The van der Waals surface area contributed by atoms with Crippen molar-refractivity contribution < 1.29 is 24.2 Å². The highest BCUT2D eigenvalue weighted by molar-refractivity contribution is 5.87. The molecule has 116 valence electrons. The number of nitrogens with one attached hydrogen (secondary N) is 1. The highest BCUT2D eigenvalue weighted by Gasteiger charge is 2.15. The van der Waals surface area contributed by atoms with E-state index in [2.05, 4.69) is 5.32 Å². The molecule has 1 amide bonds. The van der Waals surface area contributed by atoms with Gasteiger partial charge in [0.15, 0.2) is 0 Å². The van der Waals surface area contributed by atoms with Crippen LogP contribution in [0.2, 0.25) is 0 Å². The fraction of sp³-hybridized carbons (Fsp3) is 0.467. The van der Waals surface area contributed by atoms with E-state index in [4.69, 9.17) is 14.6 Å². The van der Waals surface area contributed by atoms with Gasteiger partial charge >= 0.3 is 12.1 Å². The van der Waals surface area contributed by atoms with Gasteiger partial charge in [-0.25, -0.2) is 9.59 Å². The molecule has 6 heteroatoms. The van der Waals surface area contributed by atoms with Crippen LogP contribution in [0.5, 0.6) is 5.75 Å². The second-order valence-electron chi connectivity index (χ2n) is 5.46. The Labute approximate surface area is 124 Å². The summed E-state index contributed by atoms with van der Waals surface area (Å²) >= 11 is 0. The molecule has 0 heterocycles. The highest BCUT2D eigenvalue weighted by atomic mass is 16.6. The Morgan fingerprint density at radius 1 is 1.29 bits per heavy atom. The number of hydrogen-bond donors (Lipinski definition) is 2. The Hall–Kier alpha value is -2.24. The lowest BCUT2D eigenvalue weighted by Crippen LogP contribution is -2.33. The molecule has 0 bridgehead atoms. The monoisotopic (exact) mass is 295 g/mol. The normalized spacial score (nSPS) is 10.8. The first-order valence-electron chi connectivity index (χ1n) is 6.71. The number of carboxylic acids is 1. The molecule has 0 spiro atoms. The molecule has 0 saturated carbocycles. The van der Waals surface area contributed by atoms with Crippen molar-refractivity contribution in [2.45, 2.75) is 32.8 Å². The number of benzene rings is 1. The molecular weight excluding hydrogens is 274 g/mol. The average Bonchev–Trinajstić information content (AvgIpc) is 2.36. The van der Waals surface area contributed by atoms with E-state index in [9.17, 15) is 9.59 Å². The molecule has 0 fully saturated rings. The van der Waals surface area contributed by atoms with Crippen molar-refractivity contribution in [3.05, 3.63) is 29.8 Å². The third-order valence-corrected chi connectivity index (χ3v) is 2.34. The van der Waals surface area contributed by atoms with E-state index in [1.807, 2.05) is 0 Å². The van der Waals surface area contributed by atoms with Crippen molar-refractivity contribution in [3.63, 3.8) is 0 Å². The molecule has 0 aromatic heterocycles. The zero-order valence-electron chi connectivity index (χ0n) is 12.5. The second-order valence-corrected chi connectivity index (χ2v) is 5.46. The minimum Gasteiger partial charge on any atom is -0.494 e. The summed E-state index contributed by atoms with van der Waals surface area (Å²) in [5, 5.41) is 11.5. The Kier molecular flexibility index (Phi) is 6.02. The van der Waals surface area contributed by atoms with Crippen LogP contribution in [-0.4, -0.2) is 35.9 Å². The maximum atomic E-state index is 11.4. The molecule has 2 N–H and O–H groups in total. The molecule has 1 aromatic carbocycles. The molecule has 0 aliphatic heterocycles. The van der Waals surface area contributed by atoms with E-state index in [0.717, 1.165) is 0 Å². The number of alkyl carbamates (subject to hydrolysis) is 1. The lowest BCUT2D eigenvalue weighted by molar-refractivity contribution is 0.0524. The standard InChI is InChI=1S/C15H21NO5/c1-15(2,3)21-14(19)16-8-5-9-20-12-7-4-6-11(10-12)13(17)18/h4,6-7,10H,5,8-9H2,1-3H3,(H,16,19)(H,17,18). The minimum absolute atomic E-state index is 0.180. The van der Waals surface area contributed by atoms with Crippen molar-refractivity contribution in [3.8, 4) is 5.75 Å².